The number of imide groups is 1. The molecule has 250 valence electrons. The molecule has 3 amide bonds. The molecule has 1 aliphatic rings. The van der Waals surface area contributed by atoms with Crippen molar-refractivity contribution in [1.29, 1.82) is 0 Å². The second kappa shape index (κ2) is 12.8. The van der Waals surface area contributed by atoms with Gasteiger partial charge in [-0.1, -0.05) is 42.0 Å². The Hall–Kier alpha value is -5.78. The first-order valence-electron chi connectivity index (χ1n) is 14.0. The van der Waals surface area contributed by atoms with Crippen LogP contribution in [-0.2, 0) is 25.8 Å². The zero-order valence-corrected chi connectivity index (χ0v) is 26.2. The minimum Gasteiger partial charge on any atom is -0.569 e. The zero-order chi connectivity index (χ0) is 35.0. The van der Waals surface area contributed by atoms with Crippen molar-refractivity contribution in [3.63, 3.8) is 0 Å². The topological polar surface area (TPSA) is 169 Å². The number of rotatable bonds is 10. The number of aryl methyl sites for hydroxylation is 1. The lowest BCUT2D eigenvalue weighted by Crippen LogP contribution is -2.41. The number of nitrogens with one attached hydrogen (secondary N) is 1. The summed E-state index contributed by atoms with van der Waals surface area (Å²) in [6.07, 6.45) is -6.03. The molecule has 1 atom stereocenters. The highest BCUT2D eigenvalue weighted by atomic mass is 32.2. The highest BCUT2D eigenvalue weighted by molar-refractivity contribution is 7.90. The number of carbonyl (C=O) groups is 3. The molecule has 3 aromatic carbocycles. The van der Waals surface area contributed by atoms with E-state index in [1.54, 1.807) is 41.1 Å². The fraction of sp³-hybridized carbons (Fsp3) is 0.200. The van der Waals surface area contributed by atoms with Crippen LogP contribution < -0.4 is 4.72 Å². The van der Waals surface area contributed by atoms with Gasteiger partial charge < -0.3 is 10.0 Å². The molecular weight excluding hydrogens is 659 g/mol. The number of aromatic nitrogens is 2. The highest BCUT2D eigenvalue weighted by Gasteiger charge is 2.40. The largest absolute Gasteiger partial charge is 0.569 e. The molecule has 0 bridgehead atoms. The van der Waals surface area contributed by atoms with Crippen LogP contribution >= 0.6 is 0 Å². The highest BCUT2D eigenvalue weighted by Crippen LogP contribution is 2.33. The van der Waals surface area contributed by atoms with Gasteiger partial charge in [-0.25, -0.2) is 22.7 Å². The molecule has 1 N–H and O–H groups in total. The van der Waals surface area contributed by atoms with E-state index in [2.05, 4.69) is 10.4 Å². The molecule has 1 unspecified atom stereocenters. The molecule has 0 saturated carbocycles. The Bertz CT molecular complexity index is 2000. The number of fused-ring (bicyclic) bond motifs is 1. The zero-order valence-electron chi connectivity index (χ0n) is 25.4. The first-order valence-corrected chi connectivity index (χ1v) is 15.5. The molecule has 2 heterocycles. The maximum Gasteiger partial charge on any atom is 0.435 e. The molecule has 0 radical (unpaired) electrons. The van der Waals surface area contributed by atoms with Crippen molar-refractivity contribution in [3.8, 4) is 16.9 Å². The van der Waals surface area contributed by atoms with Crippen molar-refractivity contribution in [2.75, 3.05) is 13.6 Å². The van der Waals surface area contributed by atoms with Gasteiger partial charge in [-0.05, 0) is 56.3 Å². The van der Waals surface area contributed by atoms with Gasteiger partial charge in [-0.3, -0.25) is 14.4 Å². The number of hydrogen-bond donors (Lipinski definition) is 1. The van der Waals surface area contributed by atoms with Crippen LogP contribution in [0.15, 0.2) is 89.0 Å². The van der Waals surface area contributed by atoms with Gasteiger partial charge in [0.25, 0.3) is 27.7 Å². The number of hydrazine groups is 1. The van der Waals surface area contributed by atoms with E-state index in [0.717, 1.165) is 40.4 Å². The molecule has 0 spiro atoms. The summed E-state index contributed by atoms with van der Waals surface area (Å²) < 4.78 is 69.1. The fourth-order valence-corrected chi connectivity index (χ4v) is 5.65. The van der Waals surface area contributed by atoms with E-state index in [1.165, 1.54) is 31.2 Å². The molecule has 48 heavy (non-hydrogen) atoms. The smallest absolute Gasteiger partial charge is 0.435 e. The number of likely N-dealkylation sites (N-methyl/N-ethyl adjacent to an activating group) is 1. The second-order valence-corrected chi connectivity index (χ2v) is 12.3. The molecular formula is C30H26F3N7O7S. The Balaban J connectivity index is 1.23. The van der Waals surface area contributed by atoms with E-state index in [-0.39, 0.29) is 27.5 Å². The van der Waals surface area contributed by atoms with Gasteiger partial charge in [-0.15, -0.1) is 5.01 Å². The average Bonchev–Trinajstić information content (AvgIpc) is 3.60. The van der Waals surface area contributed by atoms with E-state index in [1.807, 2.05) is 6.92 Å². The van der Waals surface area contributed by atoms with Crippen LogP contribution in [0.1, 0.15) is 38.9 Å². The predicted octanol–water partition coefficient (Wildman–Crippen LogP) is 4.05. The molecule has 4 aromatic rings. The third-order valence-corrected chi connectivity index (χ3v) is 8.50. The molecule has 0 aliphatic carbocycles. The molecule has 0 saturated heterocycles. The van der Waals surface area contributed by atoms with E-state index >= 15 is 0 Å². The van der Waals surface area contributed by atoms with Crippen LogP contribution in [0.2, 0.25) is 0 Å². The fourth-order valence-electron chi connectivity index (χ4n) is 4.68. The quantitative estimate of drug-likeness (QED) is 0.112. The van der Waals surface area contributed by atoms with E-state index in [9.17, 15) is 41.2 Å². The van der Waals surface area contributed by atoms with Gasteiger partial charge in [0.2, 0.25) is 11.5 Å². The van der Waals surface area contributed by atoms with Crippen molar-refractivity contribution in [1.82, 2.24) is 24.4 Å². The normalized spacial score (nSPS) is 14.1. The van der Waals surface area contributed by atoms with Gasteiger partial charge in [0.1, 0.15) is 0 Å². The first-order chi connectivity index (χ1) is 22.6. The standard InChI is InChI=1S/C30H26F3N7O7S/c1-18-8-10-20(11-9-18)25-16-26(30(31,32)33)34-39(25)21-12-14-22(15-13-21)48(45,46)35-27(41)17-37(3)40(44)36-47-19(2)38-28(42)23-6-4-5-7-24(23)29(38)43/h4-16,19H,17H2,1-3H3,(H,35,41). The van der Waals surface area contributed by atoms with Gasteiger partial charge in [0.05, 0.1) is 39.4 Å². The molecule has 14 nitrogen and oxygen atoms in total. The summed E-state index contributed by atoms with van der Waals surface area (Å²) in [5.74, 6) is -2.44. The summed E-state index contributed by atoms with van der Waals surface area (Å²) in [5.41, 5.74) is 0.738. The third-order valence-electron chi connectivity index (χ3n) is 7.11. The summed E-state index contributed by atoms with van der Waals surface area (Å²) in [6.45, 7) is 2.31. The summed E-state index contributed by atoms with van der Waals surface area (Å²) in [6, 6.07) is 18.3. The Morgan fingerprint density at radius 1 is 1.04 bits per heavy atom. The number of nitrogens with zero attached hydrogens (tertiary/aromatic N) is 6. The Labute approximate surface area is 271 Å². The predicted molar refractivity (Wildman–Crippen MR) is 160 cm³/mol. The summed E-state index contributed by atoms with van der Waals surface area (Å²) in [5, 5.41) is 19.9. The molecule has 1 aromatic heterocycles. The lowest BCUT2D eigenvalue weighted by Gasteiger charge is -2.19. The lowest BCUT2D eigenvalue weighted by atomic mass is 10.1. The Kier molecular flexibility index (Phi) is 8.94. The summed E-state index contributed by atoms with van der Waals surface area (Å²) in [4.78, 5) is 42.8. The number of hydrogen-bond acceptors (Lipinski definition) is 9. The van der Waals surface area contributed by atoms with Crippen LogP contribution in [0, 0.1) is 12.1 Å². The van der Waals surface area contributed by atoms with Gasteiger partial charge in [0, 0.05) is 5.56 Å². The van der Waals surface area contributed by atoms with Gasteiger partial charge in [0.15, 0.2) is 12.2 Å². The number of sulfonamides is 1. The van der Waals surface area contributed by atoms with Gasteiger partial charge >= 0.3 is 6.18 Å². The van der Waals surface area contributed by atoms with Crippen molar-refractivity contribution >= 4 is 27.7 Å². The number of benzene rings is 3. The van der Waals surface area contributed by atoms with E-state index in [4.69, 9.17) is 4.84 Å². The summed E-state index contributed by atoms with van der Waals surface area (Å²) >= 11 is 0. The lowest BCUT2D eigenvalue weighted by molar-refractivity contribution is -0.704. The number of halogens is 3. The minimum absolute atomic E-state index is 0.115. The Morgan fingerprint density at radius 3 is 2.19 bits per heavy atom. The minimum atomic E-state index is -4.73. The van der Waals surface area contributed by atoms with E-state index in [0.29, 0.717) is 10.6 Å². The molecule has 1 aliphatic heterocycles. The van der Waals surface area contributed by atoms with E-state index < -0.39 is 57.3 Å². The van der Waals surface area contributed by atoms with Crippen LogP contribution in [0.5, 0.6) is 0 Å². The third kappa shape index (κ3) is 6.82. The second-order valence-electron chi connectivity index (χ2n) is 10.6. The van der Waals surface area contributed by atoms with Gasteiger partial charge in [-0.2, -0.15) is 18.3 Å². The Morgan fingerprint density at radius 2 is 1.62 bits per heavy atom. The van der Waals surface area contributed by atoms with Crippen molar-refractivity contribution in [2.45, 2.75) is 31.1 Å². The first kappa shape index (κ1) is 33.6. The number of amides is 3. The van der Waals surface area contributed by atoms with Crippen LogP contribution in [-0.4, -0.2) is 70.6 Å². The summed E-state index contributed by atoms with van der Waals surface area (Å²) in [7, 11) is -3.39. The molecule has 0 fully saturated rings. The SMILES string of the molecule is Cc1ccc(-c2cc(C(F)(F)F)nn2-c2ccc(S(=O)(=O)NC(=O)CN(C)[N+]([O-])=NOC(C)N3C(=O)c4ccccc4C3=O)cc2)cc1. The average molecular weight is 686 g/mol. The van der Waals surface area contributed by atoms with Crippen LogP contribution in [0.25, 0.3) is 16.9 Å². The van der Waals surface area contributed by atoms with Crippen LogP contribution in [0.3, 0.4) is 0 Å². The molecule has 18 heteroatoms. The van der Waals surface area contributed by atoms with Crippen molar-refractivity contribution in [3.05, 3.63) is 106 Å². The number of carbonyl (C=O) groups excluding carboxylic acids is 3. The van der Waals surface area contributed by atoms with Crippen molar-refractivity contribution in [2.24, 2.45) is 5.28 Å². The number of alkyl halides is 3. The molecule has 5 rings (SSSR count). The maximum atomic E-state index is 13.5. The monoisotopic (exact) mass is 685 g/mol. The van der Waals surface area contributed by atoms with Crippen molar-refractivity contribution < 1.29 is 45.8 Å². The van der Waals surface area contributed by atoms with Crippen LogP contribution in [0.4, 0.5) is 13.2 Å². The maximum absolute atomic E-state index is 13.5.